The zero-order valence-corrected chi connectivity index (χ0v) is 7.87. The molecule has 0 radical (unpaired) electrons. The van der Waals surface area contributed by atoms with Crippen LogP contribution in [0.4, 0.5) is 20.2 Å². The van der Waals surface area contributed by atoms with E-state index in [2.05, 4.69) is 5.32 Å². The lowest BCUT2D eigenvalue weighted by Crippen LogP contribution is -1.90. The highest BCUT2D eigenvalue weighted by Gasteiger charge is 1.96. The molecule has 0 amide bonds. The molecule has 1 nitrogen and oxygen atoms in total. The molecule has 0 atom stereocenters. The van der Waals surface area contributed by atoms with Crippen molar-refractivity contribution in [2.45, 2.75) is 0 Å². The third-order valence-electron chi connectivity index (χ3n) is 1.96. The fourth-order valence-electron chi connectivity index (χ4n) is 1.27. The average molecular weight is 205 g/mol. The first kappa shape index (κ1) is 9.65. The van der Waals surface area contributed by atoms with Crippen molar-refractivity contribution in [2.24, 2.45) is 0 Å². The van der Waals surface area contributed by atoms with Gasteiger partial charge in [-0.05, 0) is 42.5 Å². The molecule has 2 aromatic carbocycles. The summed E-state index contributed by atoms with van der Waals surface area (Å²) in [5.74, 6) is -0.595. The number of anilines is 2. The second kappa shape index (κ2) is 4.09. The molecule has 0 aliphatic heterocycles. The van der Waals surface area contributed by atoms with Crippen molar-refractivity contribution >= 4 is 11.4 Å². The van der Waals surface area contributed by atoms with Gasteiger partial charge < -0.3 is 5.32 Å². The lowest BCUT2D eigenvalue weighted by molar-refractivity contribution is 0.627. The summed E-state index contributed by atoms with van der Waals surface area (Å²) in [4.78, 5) is 0. The minimum Gasteiger partial charge on any atom is -0.355 e. The van der Waals surface area contributed by atoms with Crippen LogP contribution >= 0.6 is 0 Å². The van der Waals surface area contributed by atoms with Crippen LogP contribution in [0.3, 0.4) is 0 Å². The van der Waals surface area contributed by atoms with E-state index in [-0.39, 0.29) is 11.6 Å². The van der Waals surface area contributed by atoms with E-state index < -0.39 is 0 Å². The Morgan fingerprint density at radius 1 is 0.733 bits per heavy atom. The summed E-state index contributed by atoms with van der Waals surface area (Å²) < 4.78 is 25.4. The molecule has 0 saturated heterocycles. The van der Waals surface area contributed by atoms with Crippen molar-refractivity contribution in [3.05, 3.63) is 60.2 Å². The molecule has 3 heteroatoms. The molecule has 1 N–H and O–H groups in total. The molecular formula is C12H9F2N. The Morgan fingerprint density at radius 2 is 1.47 bits per heavy atom. The van der Waals surface area contributed by atoms with Gasteiger partial charge in [-0.25, -0.2) is 8.78 Å². The Morgan fingerprint density at radius 3 is 2.13 bits per heavy atom. The highest BCUT2D eigenvalue weighted by molar-refractivity contribution is 5.59. The van der Waals surface area contributed by atoms with Gasteiger partial charge in [0.1, 0.15) is 11.6 Å². The first-order valence-corrected chi connectivity index (χ1v) is 4.52. The second-order valence-corrected chi connectivity index (χ2v) is 3.14. The van der Waals surface area contributed by atoms with Crippen LogP contribution in [0, 0.1) is 11.6 Å². The van der Waals surface area contributed by atoms with Crippen LogP contribution in [0.15, 0.2) is 48.5 Å². The van der Waals surface area contributed by atoms with Crippen LogP contribution in [0.2, 0.25) is 0 Å². The molecule has 2 rings (SSSR count). The van der Waals surface area contributed by atoms with Gasteiger partial charge in [0.2, 0.25) is 0 Å². The molecule has 15 heavy (non-hydrogen) atoms. The monoisotopic (exact) mass is 205 g/mol. The van der Waals surface area contributed by atoms with E-state index in [4.69, 9.17) is 0 Å². The SMILES string of the molecule is Fc1ccc(Nc2cccc(F)c2)cc1. The maximum absolute atomic E-state index is 12.8. The predicted octanol–water partition coefficient (Wildman–Crippen LogP) is 3.71. The molecule has 0 spiro atoms. The van der Waals surface area contributed by atoms with E-state index in [1.54, 1.807) is 24.3 Å². The van der Waals surface area contributed by atoms with E-state index >= 15 is 0 Å². The molecule has 0 unspecified atom stereocenters. The van der Waals surface area contributed by atoms with Gasteiger partial charge in [0.25, 0.3) is 0 Å². The number of rotatable bonds is 2. The summed E-state index contributed by atoms with van der Waals surface area (Å²) in [6.45, 7) is 0. The average Bonchev–Trinajstić information content (AvgIpc) is 2.22. The van der Waals surface area contributed by atoms with Crippen LogP contribution in [0.5, 0.6) is 0 Å². The lowest BCUT2D eigenvalue weighted by Gasteiger charge is -2.05. The lowest BCUT2D eigenvalue weighted by atomic mass is 10.2. The molecule has 0 aliphatic rings. The molecule has 0 saturated carbocycles. The molecule has 0 heterocycles. The van der Waals surface area contributed by atoms with Crippen molar-refractivity contribution in [3.8, 4) is 0 Å². The van der Waals surface area contributed by atoms with E-state index in [0.717, 1.165) is 5.69 Å². The normalized spacial score (nSPS) is 10.0. The van der Waals surface area contributed by atoms with Crippen LogP contribution in [-0.4, -0.2) is 0 Å². The first-order valence-electron chi connectivity index (χ1n) is 4.52. The molecule has 0 aliphatic carbocycles. The number of nitrogens with one attached hydrogen (secondary N) is 1. The molecule has 2 aromatic rings. The zero-order valence-electron chi connectivity index (χ0n) is 7.87. The first-order chi connectivity index (χ1) is 7.24. The second-order valence-electron chi connectivity index (χ2n) is 3.14. The van der Waals surface area contributed by atoms with E-state index in [9.17, 15) is 8.78 Å². The highest BCUT2D eigenvalue weighted by Crippen LogP contribution is 2.17. The fourth-order valence-corrected chi connectivity index (χ4v) is 1.27. The third-order valence-corrected chi connectivity index (χ3v) is 1.96. The minimum absolute atomic E-state index is 0.292. The van der Waals surface area contributed by atoms with Crippen molar-refractivity contribution in [3.63, 3.8) is 0 Å². The summed E-state index contributed by atoms with van der Waals surface area (Å²) in [5, 5.41) is 2.97. The van der Waals surface area contributed by atoms with Crippen molar-refractivity contribution in [1.82, 2.24) is 0 Å². The van der Waals surface area contributed by atoms with Crippen molar-refractivity contribution < 1.29 is 8.78 Å². The van der Waals surface area contributed by atoms with Gasteiger partial charge in [0, 0.05) is 11.4 Å². The number of benzene rings is 2. The maximum Gasteiger partial charge on any atom is 0.125 e. The molecule has 0 fully saturated rings. The van der Waals surface area contributed by atoms with E-state index in [1.807, 2.05) is 0 Å². The van der Waals surface area contributed by atoms with Gasteiger partial charge >= 0.3 is 0 Å². The highest BCUT2D eigenvalue weighted by atomic mass is 19.1. The number of hydrogen-bond acceptors (Lipinski definition) is 1. The van der Waals surface area contributed by atoms with Crippen LogP contribution in [0.25, 0.3) is 0 Å². The summed E-state index contributed by atoms with van der Waals surface area (Å²) in [5.41, 5.74) is 1.36. The summed E-state index contributed by atoms with van der Waals surface area (Å²) in [6, 6.07) is 12.0. The number of halogens is 2. The summed E-state index contributed by atoms with van der Waals surface area (Å²) in [7, 11) is 0. The van der Waals surface area contributed by atoms with E-state index in [0.29, 0.717) is 5.69 Å². The van der Waals surface area contributed by atoms with Gasteiger partial charge in [-0.15, -0.1) is 0 Å². The molecule has 0 bridgehead atoms. The van der Waals surface area contributed by atoms with Gasteiger partial charge in [-0.1, -0.05) is 6.07 Å². The standard InChI is InChI=1S/C12H9F2N/c13-9-4-6-11(7-5-9)15-12-3-1-2-10(14)8-12/h1-8,15H. The topological polar surface area (TPSA) is 12.0 Å². The predicted molar refractivity (Wildman–Crippen MR) is 56.1 cm³/mol. The smallest absolute Gasteiger partial charge is 0.125 e. The van der Waals surface area contributed by atoms with Gasteiger partial charge in [0.05, 0.1) is 0 Å². The molecule has 76 valence electrons. The van der Waals surface area contributed by atoms with Gasteiger partial charge in [-0.3, -0.25) is 0 Å². The Hall–Kier alpha value is -1.90. The summed E-state index contributed by atoms with van der Waals surface area (Å²) >= 11 is 0. The third kappa shape index (κ3) is 2.53. The Kier molecular flexibility index (Phi) is 2.63. The molecule has 0 aromatic heterocycles. The van der Waals surface area contributed by atoms with Gasteiger partial charge in [0.15, 0.2) is 0 Å². The number of hydrogen-bond donors (Lipinski definition) is 1. The van der Waals surface area contributed by atoms with Crippen LogP contribution < -0.4 is 5.32 Å². The Balaban J connectivity index is 2.18. The van der Waals surface area contributed by atoms with Crippen LogP contribution in [0.1, 0.15) is 0 Å². The maximum atomic E-state index is 12.8. The van der Waals surface area contributed by atoms with Gasteiger partial charge in [-0.2, -0.15) is 0 Å². The van der Waals surface area contributed by atoms with Crippen LogP contribution in [-0.2, 0) is 0 Å². The Bertz CT molecular complexity index is 451. The van der Waals surface area contributed by atoms with Crippen molar-refractivity contribution in [1.29, 1.82) is 0 Å². The molecular weight excluding hydrogens is 196 g/mol. The summed E-state index contributed by atoms with van der Waals surface area (Å²) in [6.07, 6.45) is 0. The Labute approximate surface area is 86.4 Å². The minimum atomic E-state index is -0.304. The zero-order chi connectivity index (χ0) is 10.7. The van der Waals surface area contributed by atoms with E-state index in [1.165, 1.54) is 24.3 Å². The fraction of sp³-hybridized carbons (Fsp3) is 0. The quantitative estimate of drug-likeness (QED) is 0.788. The van der Waals surface area contributed by atoms with Crippen molar-refractivity contribution in [2.75, 3.05) is 5.32 Å². The largest absolute Gasteiger partial charge is 0.355 e.